The van der Waals surface area contributed by atoms with E-state index in [1.54, 1.807) is 31.6 Å². The minimum absolute atomic E-state index is 0.0851. The Bertz CT molecular complexity index is 1300. The Morgan fingerprint density at radius 2 is 1.90 bits per heavy atom. The molecule has 0 saturated carbocycles. The first-order valence-corrected chi connectivity index (χ1v) is 15.2. The number of anilines is 1. The van der Waals surface area contributed by atoms with Crippen LogP contribution in [0.3, 0.4) is 0 Å². The number of methoxy groups -OCH3 is 1. The average molecular weight is 594 g/mol. The molecule has 0 aliphatic rings. The highest BCUT2D eigenvalue weighted by atomic mass is 35.5. The van der Waals surface area contributed by atoms with Gasteiger partial charge >= 0.3 is 6.03 Å². The molecular weight excluding hydrogens is 546 g/mol. The van der Waals surface area contributed by atoms with Gasteiger partial charge < -0.3 is 20.4 Å². The Labute approximate surface area is 257 Å². The second kappa shape index (κ2) is 16.9. The van der Waals surface area contributed by atoms with Crippen LogP contribution >= 0.6 is 11.6 Å². The highest BCUT2D eigenvalue weighted by Gasteiger charge is 2.23. The van der Waals surface area contributed by atoms with Gasteiger partial charge in [0.25, 0.3) is 0 Å². The molecule has 0 aliphatic carbocycles. The van der Waals surface area contributed by atoms with Crippen LogP contribution in [0.1, 0.15) is 90.6 Å². The van der Waals surface area contributed by atoms with Crippen molar-refractivity contribution in [1.82, 2.24) is 14.9 Å². The van der Waals surface area contributed by atoms with Crippen LogP contribution in [0, 0.1) is 17.2 Å². The van der Waals surface area contributed by atoms with E-state index in [1.807, 2.05) is 30.9 Å². The predicted molar refractivity (Wildman–Crippen MR) is 178 cm³/mol. The van der Waals surface area contributed by atoms with E-state index in [4.69, 9.17) is 26.7 Å². The highest BCUT2D eigenvalue weighted by molar-refractivity contribution is 6.32. The van der Waals surface area contributed by atoms with Crippen molar-refractivity contribution in [3.8, 4) is 5.75 Å². The summed E-state index contributed by atoms with van der Waals surface area (Å²) in [5, 5.41) is 12.0. The molecule has 8 heteroatoms. The number of carbonyl (C=O) groups excluding carboxylic acids is 1. The molecule has 42 heavy (non-hydrogen) atoms. The van der Waals surface area contributed by atoms with Crippen LogP contribution in [0.4, 0.5) is 10.5 Å². The number of allylic oxidation sites excluding steroid dienone is 4. The van der Waals surface area contributed by atoms with Crippen LogP contribution in [-0.2, 0) is 0 Å². The van der Waals surface area contributed by atoms with Crippen molar-refractivity contribution in [3.63, 3.8) is 0 Å². The maximum Gasteiger partial charge on any atom is 0.321 e. The second-order valence-electron chi connectivity index (χ2n) is 11.1. The van der Waals surface area contributed by atoms with E-state index in [0.29, 0.717) is 41.2 Å². The summed E-state index contributed by atoms with van der Waals surface area (Å²) in [6, 6.07) is 5.05. The van der Waals surface area contributed by atoms with E-state index in [1.165, 1.54) is 0 Å². The van der Waals surface area contributed by atoms with Crippen molar-refractivity contribution < 1.29 is 9.53 Å². The monoisotopic (exact) mass is 593 g/mol. The van der Waals surface area contributed by atoms with Crippen molar-refractivity contribution in [2.75, 3.05) is 25.5 Å². The molecule has 2 aromatic rings. The van der Waals surface area contributed by atoms with E-state index in [2.05, 4.69) is 57.6 Å². The second-order valence-corrected chi connectivity index (χ2v) is 11.5. The number of rotatable bonds is 15. The fourth-order valence-electron chi connectivity index (χ4n) is 4.49. The van der Waals surface area contributed by atoms with Crippen LogP contribution < -0.4 is 10.1 Å². The predicted octanol–water partition coefficient (Wildman–Crippen LogP) is 9.27. The van der Waals surface area contributed by atoms with Gasteiger partial charge in [-0.1, -0.05) is 65.3 Å². The zero-order chi connectivity index (χ0) is 31.4. The minimum atomic E-state index is -0.159. The van der Waals surface area contributed by atoms with Gasteiger partial charge in [0.05, 0.1) is 29.2 Å². The van der Waals surface area contributed by atoms with E-state index in [9.17, 15) is 4.79 Å². The molecule has 0 bridgehead atoms. The summed E-state index contributed by atoms with van der Waals surface area (Å²) in [6.07, 6.45) is 10.2. The summed E-state index contributed by atoms with van der Waals surface area (Å²) in [5.74, 6) is 1.29. The third kappa shape index (κ3) is 9.83. The lowest BCUT2D eigenvalue weighted by Crippen LogP contribution is -2.37. The van der Waals surface area contributed by atoms with Crippen LogP contribution in [0.2, 0.25) is 5.02 Å². The van der Waals surface area contributed by atoms with Gasteiger partial charge in [0.2, 0.25) is 0 Å². The van der Waals surface area contributed by atoms with E-state index in [-0.39, 0.29) is 17.9 Å². The van der Waals surface area contributed by atoms with Gasteiger partial charge in [-0.3, -0.25) is 0 Å². The Morgan fingerprint density at radius 3 is 2.50 bits per heavy atom. The number of amides is 2. The normalized spacial score (nSPS) is 13.9. The smallest absolute Gasteiger partial charge is 0.321 e. The summed E-state index contributed by atoms with van der Waals surface area (Å²) in [6.45, 7) is 20.0. The van der Waals surface area contributed by atoms with Gasteiger partial charge in [0.15, 0.2) is 0 Å². The van der Waals surface area contributed by atoms with Crippen LogP contribution in [0.15, 0.2) is 48.8 Å². The first-order chi connectivity index (χ1) is 19.9. The summed E-state index contributed by atoms with van der Waals surface area (Å²) in [7, 11) is 1.56. The molecule has 3 atom stereocenters. The molecule has 2 N–H and O–H groups in total. The van der Waals surface area contributed by atoms with Gasteiger partial charge in [-0.2, -0.15) is 0 Å². The molecule has 0 radical (unpaired) electrons. The van der Waals surface area contributed by atoms with Gasteiger partial charge in [-0.05, 0) is 80.0 Å². The number of nitrogens with one attached hydrogen (secondary N) is 2. The quantitative estimate of drug-likeness (QED) is 0.201. The minimum Gasteiger partial charge on any atom is -0.495 e. The lowest BCUT2D eigenvalue weighted by molar-refractivity contribution is 0.206. The molecule has 1 aromatic carbocycles. The van der Waals surface area contributed by atoms with Crippen LogP contribution in [0.25, 0.3) is 11.6 Å². The fourth-order valence-corrected chi connectivity index (χ4v) is 4.74. The van der Waals surface area contributed by atoms with Gasteiger partial charge in [0.1, 0.15) is 12.1 Å². The Balaban J connectivity index is 2.25. The van der Waals surface area contributed by atoms with Crippen LogP contribution in [-0.4, -0.2) is 46.8 Å². The van der Waals surface area contributed by atoms with Gasteiger partial charge in [-0.25, -0.2) is 14.8 Å². The molecule has 2 amide bonds. The van der Waals surface area contributed by atoms with Crippen molar-refractivity contribution in [2.45, 2.75) is 73.6 Å². The summed E-state index contributed by atoms with van der Waals surface area (Å²) < 4.78 is 5.21. The first-order valence-electron chi connectivity index (χ1n) is 14.8. The number of hydrogen-bond acceptors (Lipinski definition) is 5. The third-order valence-corrected chi connectivity index (χ3v) is 7.96. The van der Waals surface area contributed by atoms with Crippen molar-refractivity contribution >= 4 is 40.7 Å². The molecule has 228 valence electrons. The summed E-state index contributed by atoms with van der Waals surface area (Å²) in [4.78, 5) is 24.3. The highest BCUT2D eigenvalue weighted by Crippen LogP contribution is 2.32. The lowest BCUT2D eigenvalue weighted by Gasteiger charge is -2.27. The molecule has 1 aromatic heterocycles. The maximum atomic E-state index is 13.2. The summed E-state index contributed by atoms with van der Waals surface area (Å²) >= 11 is 6.25. The average Bonchev–Trinajstić information content (AvgIpc) is 2.97. The molecule has 1 heterocycles. The Morgan fingerprint density at radius 1 is 1.19 bits per heavy atom. The van der Waals surface area contributed by atoms with E-state index < -0.39 is 0 Å². The standard InChI is InChI=1S/C34H48ClN5O2/c1-10-17-40(34(41)39-27-13-15-31(42-9)29(35)20-27)18-16-24(6)26(8)33-28(32(22(3)4)37-21-38-33)19-25(7)30(36)14-12-23(5)11-2/h12-15,19-21,23-24,26,36H,3,10-11,16-18H2,1-2,4-9H3,(H,39,41)/b14-12-,25-19+,36-30?. The number of ether oxygens (including phenoxy) is 1. The zero-order valence-electron chi connectivity index (χ0n) is 26.6. The van der Waals surface area contributed by atoms with Gasteiger partial charge in [-0.15, -0.1) is 0 Å². The summed E-state index contributed by atoms with van der Waals surface area (Å²) in [5.41, 5.74) is 5.41. The van der Waals surface area contributed by atoms with Crippen molar-refractivity contribution in [1.29, 1.82) is 5.41 Å². The molecular formula is C34H48ClN5O2. The number of urea groups is 1. The van der Waals surface area contributed by atoms with Crippen molar-refractivity contribution in [2.24, 2.45) is 11.8 Å². The first kappa shape index (κ1) is 34.7. The number of hydrogen-bond donors (Lipinski definition) is 2. The number of halogens is 1. The largest absolute Gasteiger partial charge is 0.495 e. The number of aromatic nitrogens is 2. The molecule has 0 aliphatic heterocycles. The zero-order valence-corrected chi connectivity index (χ0v) is 27.3. The van der Waals surface area contributed by atoms with E-state index in [0.717, 1.165) is 47.4 Å². The SMILES string of the molecule is C=C(C)c1ncnc(C(C)C(C)CCN(CCC)C(=O)Nc2ccc(OC)c(Cl)c2)c1/C=C(\C)C(=N)/C=C\C(C)CC. The number of carbonyl (C=O) groups is 1. The number of nitrogens with zero attached hydrogens (tertiary/aromatic N) is 3. The molecule has 3 unspecified atom stereocenters. The van der Waals surface area contributed by atoms with E-state index >= 15 is 0 Å². The molecule has 0 fully saturated rings. The third-order valence-electron chi connectivity index (χ3n) is 7.66. The lowest BCUT2D eigenvalue weighted by atomic mass is 9.86. The number of benzene rings is 1. The topological polar surface area (TPSA) is 91.2 Å². The van der Waals surface area contributed by atoms with Crippen LogP contribution in [0.5, 0.6) is 5.75 Å². The maximum absolute atomic E-state index is 13.2. The Hall–Kier alpha value is -3.45. The fraction of sp³-hybridized carbons (Fsp3) is 0.471. The Kier molecular flexibility index (Phi) is 13.9. The molecule has 0 saturated heterocycles. The molecule has 0 spiro atoms. The molecule has 7 nitrogen and oxygen atoms in total. The van der Waals surface area contributed by atoms with Crippen molar-refractivity contribution in [3.05, 3.63) is 70.8 Å². The molecule has 2 rings (SSSR count). The van der Waals surface area contributed by atoms with Gasteiger partial charge in [0, 0.05) is 30.3 Å².